The lowest BCUT2D eigenvalue weighted by atomic mass is 10.2. The quantitative estimate of drug-likeness (QED) is 0.704. The zero-order valence-corrected chi connectivity index (χ0v) is 14.0. The first-order valence-corrected chi connectivity index (χ1v) is 8.25. The maximum atomic E-state index is 11.0. The number of benzene rings is 1. The minimum absolute atomic E-state index is 0.302. The minimum atomic E-state index is -0.912. The molecule has 0 saturated carbocycles. The highest BCUT2D eigenvalue weighted by atomic mass is 32.1. The van der Waals surface area contributed by atoms with Crippen molar-refractivity contribution in [1.82, 2.24) is 0 Å². The van der Waals surface area contributed by atoms with Crippen LogP contribution in [0.25, 0.3) is 10.4 Å². The summed E-state index contributed by atoms with van der Waals surface area (Å²) in [6.45, 7) is 5.23. The summed E-state index contributed by atoms with van der Waals surface area (Å²) in [7, 11) is 0. The average Bonchev–Trinajstić information content (AvgIpc) is 3.04. The molecule has 1 aromatic carbocycles. The van der Waals surface area contributed by atoms with Gasteiger partial charge in [-0.15, -0.1) is 11.3 Å². The van der Waals surface area contributed by atoms with E-state index in [0.29, 0.717) is 30.4 Å². The Labute approximate surface area is 139 Å². The fourth-order valence-electron chi connectivity index (χ4n) is 2.03. The highest BCUT2D eigenvalue weighted by molar-refractivity contribution is 7.17. The van der Waals surface area contributed by atoms with Crippen LogP contribution >= 0.6 is 11.3 Å². The molecule has 0 aliphatic carbocycles. The molecule has 0 amide bonds. The lowest BCUT2D eigenvalue weighted by Gasteiger charge is -2.17. The van der Waals surface area contributed by atoms with E-state index in [2.05, 4.69) is 0 Å². The second-order valence-corrected chi connectivity index (χ2v) is 5.73. The van der Waals surface area contributed by atoms with Gasteiger partial charge in [0.05, 0.1) is 0 Å². The number of hydrogen-bond donors (Lipinski definition) is 1. The fourth-order valence-corrected chi connectivity index (χ4v) is 2.87. The molecule has 0 saturated heterocycles. The van der Waals surface area contributed by atoms with Gasteiger partial charge in [0.25, 0.3) is 0 Å². The number of thiophene rings is 1. The Balaban J connectivity index is 2.05. The topological polar surface area (TPSA) is 65.0 Å². The molecule has 124 valence electrons. The Morgan fingerprint density at radius 2 is 1.91 bits per heavy atom. The lowest BCUT2D eigenvalue weighted by Crippen LogP contribution is -2.25. The van der Waals surface area contributed by atoms with Crippen molar-refractivity contribution in [3.05, 3.63) is 41.3 Å². The van der Waals surface area contributed by atoms with Gasteiger partial charge in [-0.05, 0) is 43.7 Å². The maximum Gasteiger partial charge on any atom is 0.345 e. The average molecular weight is 336 g/mol. The summed E-state index contributed by atoms with van der Waals surface area (Å²) in [5.74, 6) is -0.220. The molecule has 0 spiro atoms. The van der Waals surface area contributed by atoms with Crippen LogP contribution in [-0.4, -0.2) is 37.2 Å². The third-order valence-electron chi connectivity index (χ3n) is 3.03. The molecule has 6 heteroatoms. The van der Waals surface area contributed by atoms with Crippen LogP contribution in [0.4, 0.5) is 0 Å². The summed E-state index contributed by atoms with van der Waals surface area (Å²) in [5, 5.41) is 9.00. The number of hydrogen-bond acceptors (Lipinski definition) is 5. The minimum Gasteiger partial charge on any atom is -0.488 e. The van der Waals surface area contributed by atoms with Crippen molar-refractivity contribution < 1.29 is 24.1 Å². The Morgan fingerprint density at radius 3 is 2.52 bits per heavy atom. The molecule has 0 atom stereocenters. The second-order valence-electron chi connectivity index (χ2n) is 4.65. The molecule has 23 heavy (non-hydrogen) atoms. The number of ether oxygens (including phenoxy) is 3. The molecule has 0 radical (unpaired) electrons. The summed E-state index contributed by atoms with van der Waals surface area (Å²) >= 11 is 1.24. The Kier molecular flexibility index (Phi) is 6.58. The molecule has 0 unspecified atom stereocenters. The van der Waals surface area contributed by atoms with Gasteiger partial charge in [-0.3, -0.25) is 0 Å². The Morgan fingerprint density at radius 1 is 1.17 bits per heavy atom. The largest absolute Gasteiger partial charge is 0.488 e. The Bertz CT molecular complexity index is 631. The van der Waals surface area contributed by atoms with Gasteiger partial charge >= 0.3 is 5.97 Å². The first-order valence-electron chi connectivity index (χ1n) is 7.43. The van der Waals surface area contributed by atoms with Crippen LogP contribution in [0, 0.1) is 0 Å². The number of carbonyl (C=O) groups is 1. The van der Waals surface area contributed by atoms with Gasteiger partial charge in [0.1, 0.15) is 17.2 Å². The van der Waals surface area contributed by atoms with Crippen molar-refractivity contribution in [2.75, 3.05) is 19.8 Å². The van der Waals surface area contributed by atoms with Gasteiger partial charge in [-0.25, -0.2) is 4.79 Å². The molecular formula is C17H20O5S. The van der Waals surface area contributed by atoms with Gasteiger partial charge in [0.2, 0.25) is 0 Å². The molecule has 1 N–H and O–H groups in total. The van der Waals surface area contributed by atoms with Gasteiger partial charge in [0.15, 0.2) is 6.29 Å². The van der Waals surface area contributed by atoms with E-state index in [1.165, 1.54) is 11.3 Å². The van der Waals surface area contributed by atoms with E-state index in [-0.39, 0.29) is 0 Å². The van der Waals surface area contributed by atoms with E-state index in [9.17, 15) is 4.79 Å². The number of aromatic carboxylic acids is 1. The van der Waals surface area contributed by atoms with Crippen molar-refractivity contribution >= 4 is 17.3 Å². The van der Waals surface area contributed by atoms with Crippen LogP contribution in [0.2, 0.25) is 0 Å². The van der Waals surface area contributed by atoms with Crippen molar-refractivity contribution in [3.8, 4) is 16.2 Å². The number of carboxylic acid groups (broad SMARTS) is 1. The van der Waals surface area contributed by atoms with E-state index >= 15 is 0 Å². The smallest absolute Gasteiger partial charge is 0.345 e. The van der Waals surface area contributed by atoms with E-state index < -0.39 is 12.3 Å². The van der Waals surface area contributed by atoms with E-state index in [1.807, 2.05) is 38.1 Å². The zero-order valence-electron chi connectivity index (χ0n) is 13.2. The molecule has 0 aliphatic heterocycles. The van der Waals surface area contributed by atoms with Gasteiger partial charge in [0, 0.05) is 18.1 Å². The molecule has 0 aliphatic rings. The van der Waals surface area contributed by atoms with Crippen molar-refractivity contribution in [2.45, 2.75) is 20.1 Å². The molecule has 2 aromatic rings. The third-order valence-corrected chi connectivity index (χ3v) is 4.15. The van der Waals surface area contributed by atoms with Gasteiger partial charge in [-0.2, -0.15) is 0 Å². The van der Waals surface area contributed by atoms with Crippen LogP contribution in [0.5, 0.6) is 5.75 Å². The van der Waals surface area contributed by atoms with Crippen molar-refractivity contribution in [3.63, 3.8) is 0 Å². The van der Waals surface area contributed by atoms with E-state index in [1.54, 1.807) is 12.1 Å². The lowest BCUT2D eigenvalue weighted by molar-refractivity contribution is -0.152. The second kappa shape index (κ2) is 8.67. The monoisotopic (exact) mass is 336 g/mol. The van der Waals surface area contributed by atoms with Crippen LogP contribution < -0.4 is 4.74 Å². The summed E-state index contributed by atoms with van der Waals surface area (Å²) in [5.41, 5.74) is 0.921. The van der Waals surface area contributed by atoms with Crippen LogP contribution in [0.1, 0.15) is 23.5 Å². The van der Waals surface area contributed by atoms with Crippen molar-refractivity contribution in [1.29, 1.82) is 0 Å². The molecule has 1 aromatic heterocycles. The van der Waals surface area contributed by atoms with Gasteiger partial charge in [-0.1, -0.05) is 12.1 Å². The zero-order chi connectivity index (χ0) is 16.7. The summed E-state index contributed by atoms with van der Waals surface area (Å²) < 4.78 is 16.6. The summed E-state index contributed by atoms with van der Waals surface area (Å²) in [6, 6.07) is 10.9. The Hall–Kier alpha value is -1.89. The molecule has 2 rings (SSSR count). The predicted octanol–water partition coefficient (Wildman–Crippen LogP) is 3.89. The van der Waals surface area contributed by atoms with Gasteiger partial charge < -0.3 is 19.3 Å². The number of carboxylic acids is 1. The van der Waals surface area contributed by atoms with E-state index in [4.69, 9.17) is 19.3 Å². The third kappa shape index (κ3) is 5.06. The highest BCUT2D eigenvalue weighted by Gasteiger charge is 2.11. The molecule has 0 bridgehead atoms. The molecule has 0 fully saturated rings. The van der Waals surface area contributed by atoms with E-state index in [0.717, 1.165) is 10.4 Å². The fraction of sp³-hybridized carbons (Fsp3) is 0.353. The molecule has 5 nitrogen and oxygen atoms in total. The predicted molar refractivity (Wildman–Crippen MR) is 89.2 cm³/mol. The number of rotatable bonds is 9. The highest BCUT2D eigenvalue weighted by Crippen LogP contribution is 2.30. The standard InChI is InChI=1S/C17H20O5S/c1-3-20-16(21-4-2)11-22-13-7-5-6-12(10-13)14-8-9-15(23-14)17(18)19/h5-10,16H,3-4,11H2,1-2H3,(H,18,19). The van der Waals surface area contributed by atoms with Crippen LogP contribution in [-0.2, 0) is 9.47 Å². The normalized spacial score (nSPS) is 10.9. The molecular weight excluding hydrogens is 316 g/mol. The van der Waals surface area contributed by atoms with Crippen LogP contribution in [0.3, 0.4) is 0 Å². The molecule has 1 heterocycles. The summed E-state index contributed by atoms with van der Waals surface area (Å²) in [6.07, 6.45) is -0.394. The van der Waals surface area contributed by atoms with Crippen LogP contribution in [0.15, 0.2) is 36.4 Å². The summed E-state index contributed by atoms with van der Waals surface area (Å²) in [4.78, 5) is 12.2. The SMILES string of the molecule is CCOC(COc1cccc(-c2ccc(C(=O)O)s2)c1)OCC. The first kappa shape index (κ1) is 17.5. The van der Waals surface area contributed by atoms with Crippen molar-refractivity contribution in [2.24, 2.45) is 0 Å². The first-order chi connectivity index (χ1) is 11.1. The maximum absolute atomic E-state index is 11.0.